The maximum atomic E-state index is 12.0. The molecule has 2 N–H and O–H groups in total. The van der Waals surface area contributed by atoms with Crippen molar-refractivity contribution >= 4 is 29.1 Å². The molecule has 0 aromatic heterocycles. The third-order valence-electron chi connectivity index (χ3n) is 3.56. The van der Waals surface area contributed by atoms with E-state index in [-0.39, 0.29) is 23.8 Å². The Labute approximate surface area is 147 Å². The summed E-state index contributed by atoms with van der Waals surface area (Å²) in [5.74, 6) is -0.669. The van der Waals surface area contributed by atoms with Crippen LogP contribution in [0.1, 0.15) is 36.7 Å². The van der Waals surface area contributed by atoms with Crippen LogP contribution in [-0.2, 0) is 10.2 Å². The van der Waals surface area contributed by atoms with Crippen molar-refractivity contribution in [2.24, 2.45) is 0 Å². The Kier molecular flexibility index (Phi) is 5.62. The van der Waals surface area contributed by atoms with Crippen molar-refractivity contribution < 1.29 is 9.59 Å². The molecule has 2 amide bonds. The molecule has 0 heterocycles. The minimum atomic E-state index is -0.376. The lowest BCUT2D eigenvalue weighted by Gasteiger charge is -2.19. The first-order valence-electron chi connectivity index (χ1n) is 7.70. The fourth-order valence-electron chi connectivity index (χ4n) is 2.16. The van der Waals surface area contributed by atoms with E-state index in [1.165, 1.54) is 5.56 Å². The standard InChI is InChI=1S/C19H21ClN2O2/c1-19(2,3)13-8-10-14(11-9-13)22-17(23)12-21-18(24)15-6-4-5-7-16(15)20/h4-11H,12H2,1-3H3,(H,21,24)(H,22,23). The van der Waals surface area contributed by atoms with E-state index in [2.05, 4.69) is 31.4 Å². The van der Waals surface area contributed by atoms with E-state index in [1.807, 2.05) is 24.3 Å². The lowest BCUT2D eigenvalue weighted by Crippen LogP contribution is -2.33. The predicted octanol–water partition coefficient (Wildman–Crippen LogP) is 4.01. The molecule has 0 unspecified atom stereocenters. The molecule has 2 rings (SSSR count). The first-order valence-corrected chi connectivity index (χ1v) is 8.08. The van der Waals surface area contributed by atoms with Gasteiger partial charge in [0.2, 0.25) is 5.91 Å². The molecule has 0 saturated heterocycles. The molecule has 4 nitrogen and oxygen atoms in total. The average molecular weight is 345 g/mol. The number of carbonyl (C=O) groups is 2. The van der Waals surface area contributed by atoms with Gasteiger partial charge in [0.15, 0.2) is 0 Å². The number of hydrogen-bond donors (Lipinski definition) is 2. The molecule has 2 aromatic carbocycles. The Balaban J connectivity index is 1.90. The number of benzene rings is 2. The number of amides is 2. The van der Waals surface area contributed by atoms with E-state index in [0.29, 0.717) is 16.3 Å². The summed E-state index contributed by atoms with van der Waals surface area (Å²) in [6.45, 7) is 6.27. The van der Waals surface area contributed by atoms with Crippen molar-refractivity contribution in [1.29, 1.82) is 0 Å². The van der Waals surface area contributed by atoms with Crippen LogP contribution >= 0.6 is 11.6 Å². The van der Waals surface area contributed by atoms with Crippen molar-refractivity contribution in [3.63, 3.8) is 0 Å². The summed E-state index contributed by atoms with van der Waals surface area (Å²) >= 11 is 5.95. The van der Waals surface area contributed by atoms with Gasteiger partial charge in [-0.3, -0.25) is 9.59 Å². The normalized spacial score (nSPS) is 11.0. The SMILES string of the molecule is CC(C)(C)c1ccc(NC(=O)CNC(=O)c2ccccc2Cl)cc1. The van der Waals surface area contributed by atoms with Gasteiger partial charge in [0.05, 0.1) is 17.1 Å². The van der Waals surface area contributed by atoms with E-state index in [4.69, 9.17) is 11.6 Å². The highest BCUT2D eigenvalue weighted by atomic mass is 35.5. The maximum absolute atomic E-state index is 12.0. The minimum Gasteiger partial charge on any atom is -0.343 e. The number of carbonyl (C=O) groups excluding carboxylic acids is 2. The summed E-state index contributed by atoms with van der Waals surface area (Å²) in [7, 11) is 0. The zero-order valence-corrected chi connectivity index (χ0v) is 14.8. The Hall–Kier alpha value is -2.33. The van der Waals surface area contributed by atoms with Crippen LogP contribution in [0.3, 0.4) is 0 Å². The third kappa shape index (κ3) is 4.83. The van der Waals surface area contributed by atoms with E-state index < -0.39 is 0 Å². The molecule has 0 aliphatic rings. The first-order chi connectivity index (χ1) is 11.3. The van der Waals surface area contributed by atoms with Gasteiger partial charge in [-0.15, -0.1) is 0 Å². The average Bonchev–Trinajstić information content (AvgIpc) is 2.53. The highest BCUT2D eigenvalue weighted by Crippen LogP contribution is 2.23. The maximum Gasteiger partial charge on any atom is 0.253 e. The van der Waals surface area contributed by atoms with Crippen LogP contribution in [-0.4, -0.2) is 18.4 Å². The van der Waals surface area contributed by atoms with Gasteiger partial charge in [-0.2, -0.15) is 0 Å². The molecule has 24 heavy (non-hydrogen) atoms. The molecule has 0 atom stereocenters. The Bertz CT molecular complexity index is 734. The lowest BCUT2D eigenvalue weighted by molar-refractivity contribution is -0.115. The number of nitrogens with one attached hydrogen (secondary N) is 2. The largest absolute Gasteiger partial charge is 0.343 e. The molecular formula is C19H21ClN2O2. The van der Waals surface area contributed by atoms with Crippen LogP contribution in [0.5, 0.6) is 0 Å². The molecule has 0 bridgehead atoms. The van der Waals surface area contributed by atoms with E-state index in [1.54, 1.807) is 24.3 Å². The molecule has 0 spiro atoms. The third-order valence-corrected chi connectivity index (χ3v) is 3.89. The van der Waals surface area contributed by atoms with Gasteiger partial charge >= 0.3 is 0 Å². The first kappa shape index (κ1) is 18.0. The minimum absolute atomic E-state index is 0.0610. The molecule has 5 heteroatoms. The molecule has 0 saturated carbocycles. The zero-order valence-electron chi connectivity index (χ0n) is 14.0. The highest BCUT2D eigenvalue weighted by Gasteiger charge is 2.14. The van der Waals surface area contributed by atoms with Crippen LogP contribution in [0.4, 0.5) is 5.69 Å². The second-order valence-corrected chi connectivity index (χ2v) is 6.95. The Morgan fingerprint density at radius 1 is 1.00 bits per heavy atom. The van der Waals surface area contributed by atoms with Crippen molar-refractivity contribution in [2.45, 2.75) is 26.2 Å². The van der Waals surface area contributed by atoms with Crippen molar-refractivity contribution in [3.05, 3.63) is 64.7 Å². The van der Waals surface area contributed by atoms with Crippen molar-refractivity contribution in [3.8, 4) is 0 Å². The molecule has 126 valence electrons. The van der Waals surface area contributed by atoms with Crippen LogP contribution in [0, 0.1) is 0 Å². The molecule has 0 aliphatic heterocycles. The predicted molar refractivity (Wildman–Crippen MR) is 97.6 cm³/mol. The topological polar surface area (TPSA) is 58.2 Å². The molecule has 0 radical (unpaired) electrons. The summed E-state index contributed by atoms with van der Waals surface area (Å²) in [6.07, 6.45) is 0. The number of hydrogen-bond acceptors (Lipinski definition) is 2. The monoisotopic (exact) mass is 344 g/mol. The van der Waals surface area contributed by atoms with E-state index >= 15 is 0 Å². The Morgan fingerprint density at radius 3 is 2.21 bits per heavy atom. The molecule has 0 fully saturated rings. The lowest BCUT2D eigenvalue weighted by atomic mass is 9.87. The number of halogens is 1. The summed E-state index contributed by atoms with van der Waals surface area (Å²) in [5, 5.41) is 5.67. The van der Waals surface area contributed by atoms with Gasteiger partial charge in [0.1, 0.15) is 0 Å². The fourth-order valence-corrected chi connectivity index (χ4v) is 2.38. The smallest absolute Gasteiger partial charge is 0.253 e. The van der Waals surface area contributed by atoms with Gasteiger partial charge in [-0.05, 0) is 35.2 Å². The van der Waals surface area contributed by atoms with E-state index in [0.717, 1.165) is 0 Å². The summed E-state index contributed by atoms with van der Waals surface area (Å²) in [4.78, 5) is 24.0. The van der Waals surface area contributed by atoms with Gasteiger partial charge in [0, 0.05) is 5.69 Å². The van der Waals surface area contributed by atoms with Crippen LogP contribution in [0.15, 0.2) is 48.5 Å². The zero-order chi connectivity index (χ0) is 17.7. The van der Waals surface area contributed by atoms with Crippen molar-refractivity contribution in [1.82, 2.24) is 5.32 Å². The van der Waals surface area contributed by atoms with Gasteiger partial charge in [0.25, 0.3) is 5.91 Å². The van der Waals surface area contributed by atoms with Gasteiger partial charge < -0.3 is 10.6 Å². The van der Waals surface area contributed by atoms with Crippen LogP contribution in [0.25, 0.3) is 0 Å². The van der Waals surface area contributed by atoms with Crippen molar-refractivity contribution in [2.75, 3.05) is 11.9 Å². The summed E-state index contributed by atoms with van der Waals surface area (Å²) in [6, 6.07) is 14.4. The molecular weight excluding hydrogens is 324 g/mol. The second-order valence-electron chi connectivity index (χ2n) is 6.54. The van der Waals surface area contributed by atoms with Gasteiger partial charge in [-0.25, -0.2) is 0 Å². The summed E-state index contributed by atoms with van der Waals surface area (Å²) in [5.41, 5.74) is 2.29. The second kappa shape index (κ2) is 7.49. The molecule has 0 aliphatic carbocycles. The van der Waals surface area contributed by atoms with Gasteiger partial charge in [-0.1, -0.05) is 56.6 Å². The van der Waals surface area contributed by atoms with Crippen LogP contribution in [0.2, 0.25) is 5.02 Å². The quantitative estimate of drug-likeness (QED) is 0.880. The summed E-state index contributed by atoms with van der Waals surface area (Å²) < 4.78 is 0. The number of rotatable bonds is 4. The number of anilines is 1. The Morgan fingerprint density at radius 2 is 1.62 bits per heavy atom. The molecule has 2 aromatic rings. The van der Waals surface area contributed by atoms with E-state index in [9.17, 15) is 9.59 Å². The fraction of sp³-hybridized carbons (Fsp3) is 0.263. The van der Waals surface area contributed by atoms with Crippen LogP contribution < -0.4 is 10.6 Å². The highest BCUT2D eigenvalue weighted by molar-refractivity contribution is 6.33.